The highest BCUT2D eigenvalue weighted by molar-refractivity contribution is 4.89. The maximum Gasteiger partial charge on any atom is 0.389 e. The Bertz CT molecular complexity index is 137. The second-order valence-electron chi connectivity index (χ2n) is 3.72. The topological polar surface area (TPSA) is 0 Å². The van der Waals surface area contributed by atoms with Crippen LogP contribution in [0.1, 0.15) is 26.7 Å². The Balaban J connectivity index is 2.24. The molecule has 3 heteroatoms. The van der Waals surface area contributed by atoms with Crippen molar-refractivity contribution in [1.29, 1.82) is 0 Å². The van der Waals surface area contributed by atoms with Gasteiger partial charge < -0.3 is 0 Å². The lowest BCUT2D eigenvalue weighted by Gasteiger charge is -2.06. The molecule has 0 bridgehead atoms. The number of alkyl halides is 3. The Morgan fingerprint density at radius 3 is 2.18 bits per heavy atom. The van der Waals surface area contributed by atoms with E-state index in [2.05, 4.69) is 0 Å². The van der Waals surface area contributed by atoms with Gasteiger partial charge in [-0.1, -0.05) is 13.8 Å². The van der Waals surface area contributed by atoms with Crippen LogP contribution >= 0.6 is 0 Å². The van der Waals surface area contributed by atoms with E-state index in [-0.39, 0.29) is 5.92 Å². The fraction of sp³-hybridized carbons (Fsp3) is 1.00. The van der Waals surface area contributed by atoms with Crippen LogP contribution in [-0.2, 0) is 0 Å². The Hall–Kier alpha value is -0.210. The van der Waals surface area contributed by atoms with E-state index >= 15 is 0 Å². The number of hydrogen-bond acceptors (Lipinski definition) is 0. The lowest BCUT2D eigenvalue weighted by molar-refractivity contribution is -0.139. The zero-order valence-corrected chi connectivity index (χ0v) is 6.78. The summed E-state index contributed by atoms with van der Waals surface area (Å²) in [6.07, 6.45) is -3.75. The molecular weight excluding hydrogens is 153 g/mol. The standard InChI is InChI=1S/C8H13F3/c1-5(2)7-3-6(7)4-8(9,10)11/h5-7H,3-4H2,1-2H3. The number of halogens is 3. The average Bonchev–Trinajstić information content (AvgIpc) is 2.40. The van der Waals surface area contributed by atoms with Crippen LogP contribution in [0.25, 0.3) is 0 Å². The predicted octanol–water partition coefficient (Wildman–Crippen LogP) is 3.23. The predicted molar refractivity (Wildman–Crippen MR) is 37.1 cm³/mol. The first-order valence-electron chi connectivity index (χ1n) is 3.97. The van der Waals surface area contributed by atoms with Gasteiger partial charge in [-0.15, -0.1) is 0 Å². The van der Waals surface area contributed by atoms with Crippen molar-refractivity contribution < 1.29 is 13.2 Å². The average molecular weight is 166 g/mol. The summed E-state index contributed by atoms with van der Waals surface area (Å²) in [4.78, 5) is 0. The SMILES string of the molecule is CC(C)C1CC1CC(F)(F)F. The quantitative estimate of drug-likeness (QED) is 0.590. The summed E-state index contributed by atoms with van der Waals surface area (Å²) in [6.45, 7) is 3.97. The normalized spacial score (nSPS) is 31.1. The lowest BCUT2D eigenvalue weighted by Crippen LogP contribution is -2.09. The molecule has 0 aromatic heterocycles. The molecule has 0 amide bonds. The van der Waals surface area contributed by atoms with Gasteiger partial charge in [-0.3, -0.25) is 0 Å². The molecule has 0 nitrogen and oxygen atoms in total. The highest BCUT2D eigenvalue weighted by atomic mass is 19.4. The minimum atomic E-state index is -3.95. The first-order valence-corrected chi connectivity index (χ1v) is 3.97. The zero-order chi connectivity index (χ0) is 8.65. The van der Waals surface area contributed by atoms with Gasteiger partial charge in [0.25, 0.3) is 0 Å². The molecule has 1 aliphatic carbocycles. The Morgan fingerprint density at radius 1 is 1.36 bits per heavy atom. The third-order valence-electron chi connectivity index (χ3n) is 2.33. The van der Waals surface area contributed by atoms with Crippen LogP contribution in [0, 0.1) is 17.8 Å². The van der Waals surface area contributed by atoms with Crippen molar-refractivity contribution >= 4 is 0 Å². The summed E-state index contributed by atoms with van der Waals surface area (Å²) in [6, 6.07) is 0. The first-order chi connectivity index (χ1) is 4.90. The molecule has 0 saturated heterocycles. The molecule has 66 valence electrons. The Kier molecular flexibility index (Phi) is 2.17. The summed E-state index contributed by atoms with van der Waals surface area (Å²) < 4.78 is 35.3. The van der Waals surface area contributed by atoms with Crippen LogP contribution in [0.5, 0.6) is 0 Å². The third-order valence-corrected chi connectivity index (χ3v) is 2.33. The van der Waals surface area contributed by atoms with Crippen LogP contribution < -0.4 is 0 Å². The van der Waals surface area contributed by atoms with Crippen LogP contribution in [0.15, 0.2) is 0 Å². The van der Waals surface area contributed by atoms with E-state index in [1.165, 1.54) is 0 Å². The molecule has 1 fully saturated rings. The maximum absolute atomic E-state index is 11.8. The van der Waals surface area contributed by atoms with E-state index in [4.69, 9.17) is 0 Å². The molecule has 2 atom stereocenters. The summed E-state index contributed by atoms with van der Waals surface area (Å²) in [5.41, 5.74) is 0. The lowest BCUT2D eigenvalue weighted by atomic mass is 10.1. The van der Waals surface area contributed by atoms with Gasteiger partial charge in [-0.25, -0.2) is 0 Å². The summed E-state index contributed by atoms with van der Waals surface area (Å²) in [5, 5.41) is 0. The van der Waals surface area contributed by atoms with Gasteiger partial charge in [0.15, 0.2) is 0 Å². The molecular formula is C8H13F3. The van der Waals surface area contributed by atoms with Gasteiger partial charge in [0, 0.05) is 6.42 Å². The molecule has 1 rings (SSSR count). The fourth-order valence-corrected chi connectivity index (χ4v) is 1.62. The van der Waals surface area contributed by atoms with Crippen LogP contribution in [-0.4, -0.2) is 6.18 Å². The van der Waals surface area contributed by atoms with Crippen molar-refractivity contribution in [3.63, 3.8) is 0 Å². The molecule has 1 aliphatic rings. The van der Waals surface area contributed by atoms with Crippen molar-refractivity contribution in [1.82, 2.24) is 0 Å². The van der Waals surface area contributed by atoms with Crippen molar-refractivity contribution in [3.05, 3.63) is 0 Å². The molecule has 0 aliphatic heterocycles. The summed E-state index contributed by atoms with van der Waals surface area (Å²) >= 11 is 0. The Morgan fingerprint density at radius 2 is 1.91 bits per heavy atom. The van der Waals surface area contributed by atoms with Gasteiger partial charge in [0.1, 0.15) is 0 Å². The minimum absolute atomic E-state index is 0.0741. The number of rotatable bonds is 2. The van der Waals surface area contributed by atoms with Gasteiger partial charge in [0.2, 0.25) is 0 Å². The molecule has 0 aromatic rings. The monoisotopic (exact) mass is 166 g/mol. The van der Waals surface area contributed by atoms with Gasteiger partial charge in [0.05, 0.1) is 0 Å². The van der Waals surface area contributed by atoms with Crippen molar-refractivity contribution in [2.45, 2.75) is 32.9 Å². The molecule has 0 aromatic carbocycles. The smallest absolute Gasteiger partial charge is 0.171 e. The number of hydrogen-bond donors (Lipinski definition) is 0. The Labute approximate surface area is 64.8 Å². The van der Waals surface area contributed by atoms with Crippen LogP contribution in [0.4, 0.5) is 13.2 Å². The van der Waals surface area contributed by atoms with E-state index in [1.807, 2.05) is 13.8 Å². The second kappa shape index (κ2) is 2.68. The molecule has 0 heterocycles. The molecule has 1 saturated carbocycles. The van der Waals surface area contributed by atoms with Gasteiger partial charge in [-0.05, 0) is 24.2 Å². The molecule has 0 N–H and O–H groups in total. The largest absolute Gasteiger partial charge is 0.389 e. The van der Waals surface area contributed by atoms with Crippen LogP contribution in [0.3, 0.4) is 0 Å². The second-order valence-corrected chi connectivity index (χ2v) is 3.72. The molecule has 0 radical (unpaired) electrons. The maximum atomic E-state index is 11.8. The van der Waals surface area contributed by atoms with Crippen LogP contribution in [0.2, 0.25) is 0 Å². The first kappa shape index (κ1) is 8.88. The summed E-state index contributed by atoms with van der Waals surface area (Å²) in [5.74, 6) is 0.675. The van der Waals surface area contributed by atoms with Crippen molar-refractivity contribution in [3.8, 4) is 0 Å². The van der Waals surface area contributed by atoms with E-state index in [1.54, 1.807) is 0 Å². The molecule has 2 unspecified atom stereocenters. The minimum Gasteiger partial charge on any atom is -0.171 e. The van der Waals surface area contributed by atoms with E-state index < -0.39 is 12.6 Å². The fourth-order valence-electron chi connectivity index (χ4n) is 1.62. The highest BCUT2D eigenvalue weighted by Gasteiger charge is 2.45. The van der Waals surface area contributed by atoms with Gasteiger partial charge >= 0.3 is 6.18 Å². The summed E-state index contributed by atoms with van der Waals surface area (Å²) in [7, 11) is 0. The highest BCUT2D eigenvalue weighted by Crippen LogP contribution is 2.49. The molecule has 11 heavy (non-hydrogen) atoms. The van der Waals surface area contributed by atoms with Crippen molar-refractivity contribution in [2.75, 3.05) is 0 Å². The zero-order valence-electron chi connectivity index (χ0n) is 6.78. The third kappa shape index (κ3) is 2.72. The van der Waals surface area contributed by atoms with E-state index in [0.29, 0.717) is 11.8 Å². The van der Waals surface area contributed by atoms with E-state index in [9.17, 15) is 13.2 Å². The molecule has 0 spiro atoms. The van der Waals surface area contributed by atoms with E-state index in [0.717, 1.165) is 6.42 Å². The van der Waals surface area contributed by atoms with Crippen molar-refractivity contribution in [2.24, 2.45) is 17.8 Å². The van der Waals surface area contributed by atoms with Gasteiger partial charge in [-0.2, -0.15) is 13.2 Å².